The molecule has 2 aromatic heterocycles. The number of amides is 1. The number of carbonyl (C=O) groups excluding carboxylic acids is 1. The van der Waals surface area contributed by atoms with E-state index in [1.165, 1.54) is 19.4 Å². The minimum absolute atomic E-state index is 0.0394. The fourth-order valence-electron chi connectivity index (χ4n) is 5.71. The van der Waals surface area contributed by atoms with Crippen LogP contribution in [0.1, 0.15) is 42.7 Å². The van der Waals surface area contributed by atoms with Crippen molar-refractivity contribution in [3.8, 4) is 28.6 Å². The topological polar surface area (TPSA) is 130 Å². The van der Waals surface area contributed by atoms with Crippen LogP contribution in [0.15, 0.2) is 85.4 Å². The van der Waals surface area contributed by atoms with Gasteiger partial charge in [0.15, 0.2) is 10.9 Å². The molecule has 3 heterocycles. The van der Waals surface area contributed by atoms with Gasteiger partial charge in [-0.1, -0.05) is 30.3 Å². The van der Waals surface area contributed by atoms with Gasteiger partial charge < -0.3 is 28.7 Å². The van der Waals surface area contributed by atoms with Crippen LogP contribution in [0.4, 0.5) is 0 Å². The van der Waals surface area contributed by atoms with E-state index in [0.29, 0.717) is 30.0 Å². The number of nitrogens with zero attached hydrogens (tertiary/aromatic N) is 1. The molecule has 1 amide bonds. The average molecular weight is 568 g/mol. The molecule has 1 atom stereocenters. The predicted octanol–water partition coefficient (Wildman–Crippen LogP) is 5.52. The van der Waals surface area contributed by atoms with Crippen LogP contribution in [0.3, 0.4) is 0 Å². The number of phenols is 2. The summed E-state index contributed by atoms with van der Waals surface area (Å²) in [6.07, 6.45) is 3.85. The summed E-state index contributed by atoms with van der Waals surface area (Å²) in [4.78, 5) is 42.7. The van der Waals surface area contributed by atoms with Crippen molar-refractivity contribution in [3.63, 3.8) is 0 Å². The minimum Gasteiger partial charge on any atom is -0.507 e. The maximum Gasteiger partial charge on any atom is 0.223 e. The van der Waals surface area contributed by atoms with E-state index in [1.54, 1.807) is 47.4 Å². The molecule has 0 aliphatic carbocycles. The van der Waals surface area contributed by atoms with Crippen molar-refractivity contribution in [2.45, 2.75) is 31.6 Å². The highest BCUT2D eigenvalue weighted by molar-refractivity contribution is 5.91. The van der Waals surface area contributed by atoms with Crippen molar-refractivity contribution in [1.82, 2.24) is 4.90 Å². The smallest absolute Gasteiger partial charge is 0.223 e. The SMILES string of the molecule is COc1ccc2occ([C@@H](CC(=O)N3CCCCC3)c3c(O)cc(O)c4c(=O)cc(-c5ccccc5)oc34)c(=O)c2c1. The van der Waals surface area contributed by atoms with Crippen LogP contribution in [0, 0.1) is 0 Å². The van der Waals surface area contributed by atoms with Gasteiger partial charge >= 0.3 is 0 Å². The van der Waals surface area contributed by atoms with Gasteiger partial charge in [-0.2, -0.15) is 0 Å². The maximum absolute atomic E-state index is 14.0. The van der Waals surface area contributed by atoms with Crippen molar-refractivity contribution < 1.29 is 28.6 Å². The number of benzene rings is 3. The van der Waals surface area contributed by atoms with Crippen LogP contribution in [-0.2, 0) is 4.79 Å². The van der Waals surface area contributed by atoms with Crippen molar-refractivity contribution in [2.75, 3.05) is 20.2 Å². The zero-order valence-corrected chi connectivity index (χ0v) is 23.0. The maximum atomic E-state index is 14.0. The number of piperidine rings is 1. The highest BCUT2D eigenvalue weighted by Gasteiger charge is 2.32. The number of carbonyl (C=O) groups is 1. The Morgan fingerprint density at radius 3 is 2.48 bits per heavy atom. The fourth-order valence-corrected chi connectivity index (χ4v) is 5.71. The Kier molecular flexibility index (Phi) is 7.16. The molecule has 0 saturated carbocycles. The lowest BCUT2D eigenvalue weighted by Crippen LogP contribution is -2.36. The average Bonchev–Trinajstić information content (AvgIpc) is 3.01. The first kappa shape index (κ1) is 27.1. The Labute approximate surface area is 240 Å². The molecule has 0 bridgehead atoms. The van der Waals surface area contributed by atoms with Crippen molar-refractivity contribution >= 4 is 27.8 Å². The standard InChI is InChI=1S/C33H29NO8/c1-40-20-10-11-27-22(14-20)32(39)23(18-41-27)21(15-29(38)34-12-6-3-7-13-34)30-24(35)16-25(36)31-26(37)17-28(42-33(30)31)19-8-4-2-5-9-19/h2,4-5,8-11,14,16-18,21,35-36H,3,6-7,12-13,15H2,1H3/t21-/m1/s1. The molecule has 1 saturated heterocycles. The number of aromatic hydroxyl groups is 2. The Hall–Kier alpha value is -5.05. The highest BCUT2D eigenvalue weighted by atomic mass is 16.5. The van der Waals surface area contributed by atoms with Gasteiger partial charge in [0.1, 0.15) is 39.6 Å². The van der Waals surface area contributed by atoms with E-state index in [-0.39, 0.29) is 45.6 Å². The van der Waals surface area contributed by atoms with Crippen molar-refractivity contribution in [2.24, 2.45) is 0 Å². The molecular weight excluding hydrogens is 538 g/mol. The van der Waals surface area contributed by atoms with Gasteiger partial charge in [0.2, 0.25) is 5.91 Å². The van der Waals surface area contributed by atoms with Crippen LogP contribution in [0.5, 0.6) is 17.2 Å². The zero-order valence-electron chi connectivity index (χ0n) is 23.0. The van der Waals surface area contributed by atoms with Crippen LogP contribution < -0.4 is 15.6 Å². The molecule has 42 heavy (non-hydrogen) atoms. The first-order valence-electron chi connectivity index (χ1n) is 13.8. The monoisotopic (exact) mass is 567 g/mol. The summed E-state index contributed by atoms with van der Waals surface area (Å²) in [7, 11) is 1.49. The van der Waals surface area contributed by atoms with Crippen LogP contribution in [0.25, 0.3) is 33.3 Å². The molecule has 3 aromatic carbocycles. The molecule has 2 N–H and O–H groups in total. The summed E-state index contributed by atoms with van der Waals surface area (Å²) in [6.45, 7) is 1.18. The number of fused-ring (bicyclic) bond motifs is 2. The second-order valence-electron chi connectivity index (χ2n) is 10.5. The predicted molar refractivity (Wildman–Crippen MR) is 157 cm³/mol. The summed E-state index contributed by atoms with van der Waals surface area (Å²) in [6, 6.07) is 16.1. The van der Waals surface area contributed by atoms with Crippen LogP contribution >= 0.6 is 0 Å². The highest BCUT2D eigenvalue weighted by Crippen LogP contribution is 2.43. The van der Waals surface area contributed by atoms with E-state index in [2.05, 4.69) is 0 Å². The molecule has 214 valence electrons. The second-order valence-corrected chi connectivity index (χ2v) is 10.5. The lowest BCUT2D eigenvalue weighted by atomic mass is 9.86. The van der Waals surface area contributed by atoms with Crippen molar-refractivity contribution in [3.05, 3.63) is 98.5 Å². The minimum atomic E-state index is -1.07. The summed E-state index contributed by atoms with van der Waals surface area (Å²) >= 11 is 0. The molecule has 1 fully saturated rings. The molecule has 1 aliphatic heterocycles. The summed E-state index contributed by atoms with van der Waals surface area (Å²) in [5.41, 5.74) is -0.0138. The fraction of sp³-hybridized carbons (Fsp3) is 0.242. The summed E-state index contributed by atoms with van der Waals surface area (Å²) < 4.78 is 17.4. The van der Waals surface area contributed by atoms with E-state index in [9.17, 15) is 24.6 Å². The number of likely N-dealkylation sites (tertiary alicyclic amines) is 1. The molecule has 5 aromatic rings. The van der Waals surface area contributed by atoms with Gasteiger partial charge in [-0.05, 0) is 37.5 Å². The van der Waals surface area contributed by atoms with Gasteiger partial charge in [-0.15, -0.1) is 0 Å². The molecule has 9 heteroatoms. The van der Waals surface area contributed by atoms with Crippen LogP contribution in [-0.4, -0.2) is 41.2 Å². The van der Waals surface area contributed by atoms with Gasteiger partial charge in [-0.25, -0.2) is 0 Å². The number of phenolic OH excluding ortho intramolecular Hbond substituents is 2. The third-order valence-electron chi connectivity index (χ3n) is 7.87. The number of rotatable bonds is 6. The first-order chi connectivity index (χ1) is 20.4. The third kappa shape index (κ3) is 4.87. The quantitative estimate of drug-likeness (QED) is 0.274. The summed E-state index contributed by atoms with van der Waals surface area (Å²) in [5, 5.41) is 22.1. The first-order valence-corrected chi connectivity index (χ1v) is 13.8. The number of ether oxygens (including phenoxy) is 1. The van der Waals surface area contributed by atoms with Gasteiger partial charge in [0, 0.05) is 54.3 Å². The van der Waals surface area contributed by atoms with E-state index < -0.39 is 28.3 Å². The van der Waals surface area contributed by atoms with Crippen LogP contribution in [0.2, 0.25) is 0 Å². The molecule has 6 rings (SSSR count). The molecule has 9 nitrogen and oxygen atoms in total. The molecular formula is C33H29NO8. The van der Waals surface area contributed by atoms with E-state index in [4.69, 9.17) is 13.6 Å². The lowest BCUT2D eigenvalue weighted by Gasteiger charge is -2.29. The molecule has 0 radical (unpaired) electrons. The van der Waals surface area contributed by atoms with Crippen molar-refractivity contribution in [1.29, 1.82) is 0 Å². The number of hydrogen-bond acceptors (Lipinski definition) is 8. The number of methoxy groups -OCH3 is 1. The Morgan fingerprint density at radius 2 is 1.74 bits per heavy atom. The normalized spacial score (nSPS) is 14.3. The molecule has 0 unspecified atom stereocenters. The number of hydrogen-bond donors (Lipinski definition) is 2. The zero-order chi connectivity index (χ0) is 29.4. The van der Waals surface area contributed by atoms with Gasteiger partial charge in [0.05, 0.1) is 18.8 Å². The summed E-state index contributed by atoms with van der Waals surface area (Å²) in [5.74, 6) is -1.53. The molecule has 1 aliphatic rings. The Bertz CT molecular complexity index is 1920. The van der Waals surface area contributed by atoms with E-state index >= 15 is 0 Å². The molecule has 0 spiro atoms. The lowest BCUT2D eigenvalue weighted by molar-refractivity contribution is -0.132. The third-order valence-corrected chi connectivity index (χ3v) is 7.87. The largest absolute Gasteiger partial charge is 0.507 e. The van der Waals surface area contributed by atoms with E-state index in [0.717, 1.165) is 25.3 Å². The van der Waals surface area contributed by atoms with E-state index in [1.807, 2.05) is 6.07 Å². The van der Waals surface area contributed by atoms with Gasteiger partial charge in [0.25, 0.3) is 0 Å². The second kappa shape index (κ2) is 11.1. The Balaban J connectivity index is 1.62. The van der Waals surface area contributed by atoms with Gasteiger partial charge in [-0.3, -0.25) is 14.4 Å². The Morgan fingerprint density at radius 1 is 0.976 bits per heavy atom.